The smallest absolute Gasteiger partial charge is 0.0534 e. The maximum Gasteiger partial charge on any atom is 0.0534 e. The molecule has 4 heteroatoms. The van der Waals surface area contributed by atoms with Gasteiger partial charge in [-0.25, -0.2) is 0 Å². The van der Waals surface area contributed by atoms with Gasteiger partial charge in [-0.05, 0) is 45.8 Å². The van der Waals surface area contributed by atoms with E-state index in [0.29, 0.717) is 0 Å². The number of nitrogens with one attached hydrogen (secondary N) is 1. The molecule has 0 bridgehead atoms. The summed E-state index contributed by atoms with van der Waals surface area (Å²) in [6.45, 7) is 3.39. The molecule has 1 aromatic heterocycles. The van der Waals surface area contributed by atoms with E-state index in [-0.39, 0.29) is 0 Å². The van der Waals surface area contributed by atoms with Crippen molar-refractivity contribution in [2.75, 3.05) is 20.1 Å². The summed E-state index contributed by atoms with van der Waals surface area (Å²) < 4.78 is 1.87. The van der Waals surface area contributed by atoms with Crippen LogP contribution in [0.1, 0.15) is 37.7 Å². The Labute approximate surface area is 110 Å². The van der Waals surface area contributed by atoms with Crippen LogP contribution in [0.3, 0.4) is 0 Å². The molecule has 1 aliphatic carbocycles. The fourth-order valence-corrected chi connectivity index (χ4v) is 2.22. The zero-order chi connectivity index (χ0) is 12.8. The van der Waals surface area contributed by atoms with E-state index < -0.39 is 0 Å². The first-order chi connectivity index (χ1) is 8.74. The van der Waals surface area contributed by atoms with Crippen LogP contribution in [-0.2, 0) is 13.6 Å². The summed E-state index contributed by atoms with van der Waals surface area (Å²) >= 11 is 0. The zero-order valence-electron chi connectivity index (χ0n) is 11.7. The Morgan fingerprint density at radius 2 is 2.22 bits per heavy atom. The van der Waals surface area contributed by atoms with Gasteiger partial charge in [-0.3, -0.25) is 4.68 Å². The molecule has 2 rings (SSSR count). The van der Waals surface area contributed by atoms with E-state index in [9.17, 15) is 0 Å². The second-order valence-corrected chi connectivity index (χ2v) is 5.55. The summed E-state index contributed by atoms with van der Waals surface area (Å²) in [7, 11) is 4.16. The van der Waals surface area contributed by atoms with Crippen LogP contribution in [0, 0.1) is 0 Å². The number of aryl methyl sites for hydroxylation is 1. The highest BCUT2D eigenvalue weighted by atomic mass is 15.2. The Morgan fingerprint density at radius 3 is 2.89 bits per heavy atom. The van der Waals surface area contributed by atoms with Gasteiger partial charge in [0, 0.05) is 31.4 Å². The van der Waals surface area contributed by atoms with Gasteiger partial charge in [-0.15, -0.1) is 0 Å². The molecule has 0 aliphatic heterocycles. The van der Waals surface area contributed by atoms with Gasteiger partial charge in [0.15, 0.2) is 0 Å². The predicted octanol–water partition coefficient (Wildman–Crippen LogP) is 1.77. The molecule has 0 spiro atoms. The molecule has 0 aromatic carbocycles. The molecule has 0 unspecified atom stereocenters. The minimum atomic E-state index is 0.859. The molecule has 0 radical (unpaired) electrons. The lowest BCUT2D eigenvalue weighted by atomic mass is 10.2. The van der Waals surface area contributed by atoms with E-state index in [1.54, 1.807) is 0 Å². The number of nitrogens with zero attached hydrogens (tertiary/aromatic N) is 3. The summed E-state index contributed by atoms with van der Waals surface area (Å²) in [5.74, 6) is 0. The largest absolute Gasteiger partial charge is 0.314 e. The van der Waals surface area contributed by atoms with Crippen molar-refractivity contribution in [3.05, 3.63) is 18.0 Å². The minimum absolute atomic E-state index is 0.859. The molecule has 1 aromatic rings. The van der Waals surface area contributed by atoms with Crippen LogP contribution >= 0.6 is 0 Å². The van der Waals surface area contributed by atoms with Gasteiger partial charge >= 0.3 is 0 Å². The highest BCUT2D eigenvalue weighted by Gasteiger charge is 2.19. The fraction of sp³-hybridized carbons (Fsp3) is 0.786. The molecule has 1 saturated carbocycles. The number of hydrogen-bond donors (Lipinski definition) is 1. The fourth-order valence-electron chi connectivity index (χ4n) is 2.22. The molecule has 1 aliphatic rings. The van der Waals surface area contributed by atoms with E-state index in [4.69, 9.17) is 0 Å². The van der Waals surface area contributed by atoms with Crippen LogP contribution in [0.5, 0.6) is 0 Å². The van der Waals surface area contributed by atoms with E-state index >= 15 is 0 Å². The maximum atomic E-state index is 4.19. The first-order valence-electron chi connectivity index (χ1n) is 7.13. The maximum absolute atomic E-state index is 4.19. The SMILES string of the molecule is CN(CCCCCNC1CC1)Cc1cnn(C)c1. The van der Waals surface area contributed by atoms with Crippen molar-refractivity contribution in [3.63, 3.8) is 0 Å². The molecule has 1 N–H and O–H groups in total. The molecule has 0 saturated heterocycles. The second kappa shape index (κ2) is 6.90. The quantitative estimate of drug-likeness (QED) is 0.678. The molecule has 1 heterocycles. The Bertz CT molecular complexity index is 343. The van der Waals surface area contributed by atoms with Crippen LogP contribution in [-0.4, -0.2) is 40.9 Å². The first kappa shape index (κ1) is 13.6. The number of unbranched alkanes of at least 4 members (excludes halogenated alkanes) is 2. The lowest BCUT2D eigenvalue weighted by Gasteiger charge is -2.15. The number of aromatic nitrogens is 2. The van der Waals surface area contributed by atoms with Gasteiger partial charge in [0.2, 0.25) is 0 Å². The van der Waals surface area contributed by atoms with Gasteiger partial charge in [-0.2, -0.15) is 5.10 Å². The Morgan fingerprint density at radius 1 is 1.39 bits per heavy atom. The summed E-state index contributed by atoms with van der Waals surface area (Å²) in [6, 6.07) is 0.859. The van der Waals surface area contributed by atoms with Crippen LogP contribution in [0.4, 0.5) is 0 Å². The number of hydrogen-bond acceptors (Lipinski definition) is 3. The van der Waals surface area contributed by atoms with Gasteiger partial charge in [0.05, 0.1) is 6.20 Å². The Hall–Kier alpha value is -0.870. The normalized spacial score (nSPS) is 15.5. The predicted molar refractivity (Wildman–Crippen MR) is 74.4 cm³/mol. The molecule has 102 valence electrons. The topological polar surface area (TPSA) is 33.1 Å². The average Bonchev–Trinajstić information content (AvgIpc) is 3.07. The molecule has 0 atom stereocenters. The minimum Gasteiger partial charge on any atom is -0.314 e. The first-order valence-corrected chi connectivity index (χ1v) is 7.13. The molecule has 0 amide bonds. The molecular weight excluding hydrogens is 224 g/mol. The average molecular weight is 250 g/mol. The molecule has 4 nitrogen and oxygen atoms in total. The third-order valence-corrected chi connectivity index (χ3v) is 3.44. The summed E-state index contributed by atoms with van der Waals surface area (Å²) in [4.78, 5) is 2.38. The van der Waals surface area contributed by atoms with Crippen molar-refractivity contribution in [1.82, 2.24) is 20.0 Å². The van der Waals surface area contributed by atoms with Crippen LogP contribution < -0.4 is 5.32 Å². The van der Waals surface area contributed by atoms with Crippen molar-refractivity contribution >= 4 is 0 Å². The summed E-state index contributed by atoms with van der Waals surface area (Å²) in [6.07, 6.45) is 10.8. The van der Waals surface area contributed by atoms with Crippen molar-refractivity contribution in [1.29, 1.82) is 0 Å². The van der Waals surface area contributed by atoms with Crippen LogP contribution in [0.25, 0.3) is 0 Å². The summed E-state index contributed by atoms with van der Waals surface area (Å²) in [5, 5.41) is 7.76. The zero-order valence-corrected chi connectivity index (χ0v) is 11.7. The van der Waals surface area contributed by atoms with Crippen LogP contribution in [0.2, 0.25) is 0 Å². The van der Waals surface area contributed by atoms with E-state index in [1.165, 1.54) is 50.8 Å². The van der Waals surface area contributed by atoms with E-state index in [2.05, 4.69) is 28.6 Å². The molecule has 18 heavy (non-hydrogen) atoms. The lowest BCUT2D eigenvalue weighted by Crippen LogP contribution is -2.20. The standard InChI is InChI=1S/C14H26N4/c1-17(11-13-10-16-18(2)12-13)9-5-3-4-8-15-14-6-7-14/h10,12,14-15H,3-9,11H2,1-2H3. The summed E-state index contributed by atoms with van der Waals surface area (Å²) in [5.41, 5.74) is 1.30. The van der Waals surface area contributed by atoms with Crippen molar-refractivity contribution in [2.45, 2.75) is 44.7 Å². The molecule has 1 fully saturated rings. The van der Waals surface area contributed by atoms with Gasteiger partial charge in [0.25, 0.3) is 0 Å². The van der Waals surface area contributed by atoms with Crippen LogP contribution in [0.15, 0.2) is 12.4 Å². The van der Waals surface area contributed by atoms with Gasteiger partial charge < -0.3 is 10.2 Å². The third-order valence-electron chi connectivity index (χ3n) is 3.44. The Balaban J connectivity index is 1.47. The third kappa shape index (κ3) is 5.19. The Kier molecular flexibility index (Phi) is 5.20. The van der Waals surface area contributed by atoms with E-state index in [1.807, 2.05) is 17.9 Å². The van der Waals surface area contributed by atoms with Gasteiger partial charge in [-0.1, -0.05) is 6.42 Å². The van der Waals surface area contributed by atoms with Crippen molar-refractivity contribution in [2.24, 2.45) is 7.05 Å². The highest BCUT2D eigenvalue weighted by molar-refractivity contribution is 5.02. The second-order valence-electron chi connectivity index (χ2n) is 5.55. The van der Waals surface area contributed by atoms with Gasteiger partial charge in [0.1, 0.15) is 0 Å². The highest BCUT2D eigenvalue weighted by Crippen LogP contribution is 2.18. The lowest BCUT2D eigenvalue weighted by molar-refractivity contribution is 0.317. The number of rotatable bonds is 9. The monoisotopic (exact) mass is 250 g/mol. The van der Waals surface area contributed by atoms with Crippen molar-refractivity contribution < 1.29 is 0 Å². The van der Waals surface area contributed by atoms with Crippen molar-refractivity contribution in [3.8, 4) is 0 Å². The molecular formula is C14H26N4. The van der Waals surface area contributed by atoms with E-state index in [0.717, 1.165) is 12.6 Å².